The number of ether oxygens (including phenoxy) is 1. The molecule has 118 valence electrons. The molecule has 0 aliphatic carbocycles. The average molecular weight is 313 g/mol. The number of anilines is 2. The molecule has 3 rings (SSSR count). The van der Waals surface area contributed by atoms with Gasteiger partial charge in [0.05, 0.1) is 12.7 Å². The number of nitrogens with zero attached hydrogens (tertiary/aromatic N) is 2. The Hall–Kier alpha value is -3.09. The van der Waals surface area contributed by atoms with Gasteiger partial charge in [0.15, 0.2) is 5.82 Å². The van der Waals surface area contributed by atoms with E-state index in [2.05, 4.69) is 10.3 Å². The highest BCUT2D eigenvalue weighted by Gasteiger charge is 2.29. The normalized spacial score (nSPS) is 13.1. The standard InChI is InChI=1S/C16H15N3O4/c1-10-8-13(22-2)18-15-14(10)19(9-12(20)17-15)23-16(21)11-6-4-3-5-7-11/h3-8H,9H2,1-2H3,(H,17,18,20). The molecule has 2 heterocycles. The monoisotopic (exact) mass is 313 g/mol. The third-order valence-corrected chi connectivity index (χ3v) is 3.37. The molecule has 1 N–H and O–H groups in total. The lowest BCUT2D eigenvalue weighted by Crippen LogP contribution is -2.40. The van der Waals surface area contributed by atoms with Crippen LogP contribution in [0, 0.1) is 6.92 Å². The fourth-order valence-corrected chi connectivity index (χ4v) is 2.33. The molecular formula is C16H15N3O4. The van der Waals surface area contributed by atoms with Crippen LogP contribution in [0.1, 0.15) is 15.9 Å². The van der Waals surface area contributed by atoms with Gasteiger partial charge in [0.25, 0.3) is 0 Å². The fourth-order valence-electron chi connectivity index (χ4n) is 2.33. The predicted octanol–water partition coefficient (Wildman–Crippen LogP) is 1.93. The van der Waals surface area contributed by atoms with Crippen LogP contribution in [-0.2, 0) is 9.63 Å². The number of amides is 1. The van der Waals surface area contributed by atoms with Crippen molar-refractivity contribution in [2.24, 2.45) is 0 Å². The lowest BCUT2D eigenvalue weighted by atomic mass is 10.2. The second-order valence-electron chi connectivity index (χ2n) is 5.01. The lowest BCUT2D eigenvalue weighted by Gasteiger charge is -2.29. The summed E-state index contributed by atoms with van der Waals surface area (Å²) in [7, 11) is 1.49. The molecule has 23 heavy (non-hydrogen) atoms. The van der Waals surface area contributed by atoms with Crippen LogP contribution < -0.4 is 15.1 Å². The SMILES string of the molecule is COc1cc(C)c2c(n1)NC(=O)CN2OC(=O)c1ccccc1. The van der Waals surface area contributed by atoms with E-state index in [1.165, 1.54) is 12.2 Å². The molecule has 7 nitrogen and oxygen atoms in total. The van der Waals surface area contributed by atoms with Crippen molar-refractivity contribution in [3.63, 3.8) is 0 Å². The van der Waals surface area contributed by atoms with E-state index in [-0.39, 0.29) is 12.5 Å². The first kappa shape index (κ1) is 14.8. The van der Waals surface area contributed by atoms with Crippen molar-refractivity contribution in [3.8, 4) is 5.88 Å². The van der Waals surface area contributed by atoms with Gasteiger partial charge in [-0.05, 0) is 24.6 Å². The topological polar surface area (TPSA) is 80.8 Å². The number of carbonyl (C=O) groups is 2. The highest BCUT2D eigenvalue weighted by Crippen LogP contribution is 2.34. The molecule has 0 atom stereocenters. The molecule has 0 saturated carbocycles. The largest absolute Gasteiger partial charge is 0.481 e. The summed E-state index contributed by atoms with van der Waals surface area (Å²) in [5.74, 6) is -0.184. The van der Waals surface area contributed by atoms with E-state index in [4.69, 9.17) is 9.57 Å². The van der Waals surface area contributed by atoms with Crippen LogP contribution in [0.4, 0.5) is 11.5 Å². The third kappa shape index (κ3) is 2.94. The first-order valence-electron chi connectivity index (χ1n) is 6.99. The molecule has 0 radical (unpaired) electrons. The summed E-state index contributed by atoms with van der Waals surface area (Å²) in [6, 6.07) is 10.3. The van der Waals surface area contributed by atoms with Crippen molar-refractivity contribution < 1.29 is 19.2 Å². The minimum atomic E-state index is -0.540. The number of hydrogen-bond acceptors (Lipinski definition) is 6. The molecule has 0 fully saturated rings. The number of carbonyl (C=O) groups excluding carboxylic acids is 2. The Morgan fingerprint density at radius 2 is 2.04 bits per heavy atom. The zero-order chi connectivity index (χ0) is 16.4. The molecule has 0 saturated heterocycles. The summed E-state index contributed by atoms with van der Waals surface area (Å²) in [5.41, 5.74) is 1.71. The Bertz CT molecular complexity index is 761. The van der Waals surface area contributed by atoms with Crippen LogP contribution in [0.5, 0.6) is 5.88 Å². The number of aromatic nitrogens is 1. The molecular weight excluding hydrogens is 298 g/mol. The Kier molecular flexibility index (Phi) is 3.84. The van der Waals surface area contributed by atoms with Gasteiger partial charge in [0, 0.05) is 6.07 Å². The number of methoxy groups -OCH3 is 1. The second-order valence-corrected chi connectivity index (χ2v) is 5.01. The molecule has 0 unspecified atom stereocenters. The minimum absolute atomic E-state index is 0.0968. The second kappa shape index (κ2) is 5.96. The summed E-state index contributed by atoms with van der Waals surface area (Å²) >= 11 is 0. The summed E-state index contributed by atoms with van der Waals surface area (Å²) in [4.78, 5) is 33.6. The van der Waals surface area contributed by atoms with Gasteiger partial charge in [-0.2, -0.15) is 10.0 Å². The van der Waals surface area contributed by atoms with Gasteiger partial charge < -0.3 is 14.9 Å². The maximum Gasteiger partial charge on any atom is 0.363 e. The van der Waals surface area contributed by atoms with Crippen molar-refractivity contribution in [2.45, 2.75) is 6.92 Å². The van der Waals surface area contributed by atoms with Gasteiger partial charge in [-0.25, -0.2) is 4.79 Å². The molecule has 0 spiro atoms. The molecule has 1 aliphatic heterocycles. The number of hydrogen-bond donors (Lipinski definition) is 1. The number of pyridine rings is 1. The zero-order valence-corrected chi connectivity index (χ0v) is 12.7. The molecule has 7 heteroatoms. The van der Waals surface area contributed by atoms with Gasteiger partial charge in [0.2, 0.25) is 11.8 Å². The van der Waals surface area contributed by atoms with Crippen LogP contribution in [0.15, 0.2) is 36.4 Å². The summed E-state index contributed by atoms with van der Waals surface area (Å²) in [6.45, 7) is 1.73. The first-order valence-corrected chi connectivity index (χ1v) is 6.99. The van der Waals surface area contributed by atoms with Gasteiger partial charge in [-0.3, -0.25) is 4.79 Å². The van der Waals surface area contributed by atoms with E-state index in [1.807, 2.05) is 6.92 Å². The molecule has 1 aliphatic rings. The predicted molar refractivity (Wildman–Crippen MR) is 83.4 cm³/mol. The summed E-state index contributed by atoms with van der Waals surface area (Å²) in [6.07, 6.45) is 0. The van der Waals surface area contributed by atoms with E-state index in [9.17, 15) is 9.59 Å². The van der Waals surface area contributed by atoms with Crippen molar-refractivity contribution in [2.75, 3.05) is 24.0 Å². The van der Waals surface area contributed by atoms with Crippen molar-refractivity contribution in [3.05, 3.63) is 47.5 Å². The van der Waals surface area contributed by atoms with Crippen molar-refractivity contribution in [1.82, 2.24) is 4.98 Å². The Morgan fingerprint density at radius 3 is 2.74 bits per heavy atom. The van der Waals surface area contributed by atoms with Crippen LogP contribution in [-0.4, -0.2) is 30.5 Å². The van der Waals surface area contributed by atoms with E-state index in [1.54, 1.807) is 36.4 Å². The number of nitrogens with one attached hydrogen (secondary N) is 1. The molecule has 1 aromatic carbocycles. The highest BCUT2D eigenvalue weighted by atomic mass is 16.7. The van der Waals surface area contributed by atoms with E-state index >= 15 is 0 Å². The fraction of sp³-hybridized carbons (Fsp3) is 0.188. The van der Waals surface area contributed by atoms with Gasteiger partial charge >= 0.3 is 5.97 Å². The molecule has 1 amide bonds. The molecule has 1 aromatic heterocycles. The Morgan fingerprint density at radius 1 is 1.30 bits per heavy atom. The molecule has 0 bridgehead atoms. The molecule has 2 aromatic rings. The number of fused-ring (bicyclic) bond motifs is 1. The smallest absolute Gasteiger partial charge is 0.363 e. The van der Waals surface area contributed by atoms with E-state index in [0.29, 0.717) is 22.9 Å². The first-order chi connectivity index (χ1) is 11.1. The number of hydroxylamine groups is 1. The maximum absolute atomic E-state index is 12.2. The summed E-state index contributed by atoms with van der Waals surface area (Å²) in [5, 5.41) is 3.91. The Labute approximate surface area is 132 Å². The highest BCUT2D eigenvalue weighted by molar-refractivity contribution is 6.01. The number of aryl methyl sites for hydroxylation is 1. The zero-order valence-electron chi connectivity index (χ0n) is 12.7. The van der Waals surface area contributed by atoms with Gasteiger partial charge in [-0.1, -0.05) is 18.2 Å². The van der Waals surface area contributed by atoms with Crippen LogP contribution in [0.3, 0.4) is 0 Å². The van der Waals surface area contributed by atoms with Crippen molar-refractivity contribution in [1.29, 1.82) is 0 Å². The third-order valence-electron chi connectivity index (χ3n) is 3.37. The average Bonchev–Trinajstić information content (AvgIpc) is 2.54. The number of benzene rings is 1. The number of rotatable bonds is 3. The quantitative estimate of drug-likeness (QED) is 0.932. The maximum atomic E-state index is 12.2. The van der Waals surface area contributed by atoms with Gasteiger partial charge in [-0.15, -0.1) is 0 Å². The van der Waals surface area contributed by atoms with Crippen LogP contribution in [0.25, 0.3) is 0 Å². The summed E-state index contributed by atoms with van der Waals surface area (Å²) < 4.78 is 5.09. The lowest BCUT2D eigenvalue weighted by molar-refractivity contribution is -0.116. The Balaban J connectivity index is 1.93. The van der Waals surface area contributed by atoms with Crippen LogP contribution in [0.2, 0.25) is 0 Å². The van der Waals surface area contributed by atoms with Crippen molar-refractivity contribution >= 4 is 23.4 Å². The van der Waals surface area contributed by atoms with E-state index in [0.717, 1.165) is 5.56 Å². The van der Waals surface area contributed by atoms with Gasteiger partial charge in [0.1, 0.15) is 12.2 Å². The van der Waals surface area contributed by atoms with E-state index < -0.39 is 5.97 Å². The van der Waals surface area contributed by atoms with Crippen LogP contribution >= 0.6 is 0 Å². The minimum Gasteiger partial charge on any atom is -0.481 e.